The van der Waals surface area contributed by atoms with Gasteiger partial charge in [-0.15, -0.1) is 0 Å². The molecule has 198 valence electrons. The Morgan fingerprint density at radius 2 is 1.65 bits per heavy atom. The molecule has 0 spiro atoms. The van der Waals surface area contributed by atoms with Crippen molar-refractivity contribution in [2.75, 3.05) is 12.3 Å². The van der Waals surface area contributed by atoms with Gasteiger partial charge < -0.3 is 32.5 Å². The Kier molecular flexibility index (Phi) is 10.3. The standard InChI is InChI=1S/C26H33N5O5S/c27-12-4-3-7-20-25(35)30-21(13-16-8-10-18(32)11-9-16)26(36)31-22(23(28)33)15-37-14-17-5-1-2-6-19(17)24(34)29-20/h1-2,5-6,8-11,20-22,32H,3-4,7,12-15,27H2,(H2,28,33)(H,29,34)(H,30,35)(H,31,36)/t20-,21?,22-/m0/s1. The summed E-state index contributed by atoms with van der Waals surface area (Å²) < 4.78 is 0. The van der Waals surface area contributed by atoms with Crippen LogP contribution < -0.4 is 27.4 Å². The summed E-state index contributed by atoms with van der Waals surface area (Å²) in [5.74, 6) is -1.53. The Bertz CT molecular complexity index is 1110. The highest BCUT2D eigenvalue weighted by atomic mass is 32.2. The van der Waals surface area contributed by atoms with Gasteiger partial charge in [0.05, 0.1) is 0 Å². The number of phenols is 1. The maximum atomic E-state index is 13.4. The monoisotopic (exact) mass is 527 g/mol. The second kappa shape index (κ2) is 13.7. The number of primary amides is 1. The SMILES string of the molecule is NCCCC[C@@H]1NC(=O)c2ccccc2CSC[C@@H](C(N)=O)NC(=O)C(Cc2ccc(O)cc2)NC1=O. The maximum absolute atomic E-state index is 13.4. The summed E-state index contributed by atoms with van der Waals surface area (Å²) in [6.07, 6.45) is 1.71. The van der Waals surface area contributed by atoms with Crippen molar-refractivity contribution in [1.82, 2.24) is 16.0 Å². The third kappa shape index (κ3) is 8.22. The van der Waals surface area contributed by atoms with Crippen LogP contribution in [0.25, 0.3) is 0 Å². The van der Waals surface area contributed by atoms with E-state index in [1.165, 1.54) is 23.9 Å². The number of hydrogen-bond acceptors (Lipinski definition) is 7. The highest BCUT2D eigenvalue weighted by Gasteiger charge is 2.30. The van der Waals surface area contributed by atoms with Gasteiger partial charge >= 0.3 is 0 Å². The van der Waals surface area contributed by atoms with Crippen LogP contribution in [0.1, 0.15) is 40.7 Å². The van der Waals surface area contributed by atoms with Crippen molar-refractivity contribution in [2.24, 2.45) is 11.5 Å². The Balaban J connectivity index is 1.94. The lowest BCUT2D eigenvalue weighted by atomic mass is 10.0. The lowest BCUT2D eigenvalue weighted by Gasteiger charge is -2.26. The zero-order chi connectivity index (χ0) is 26.8. The third-order valence-electron chi connectivity index (χ3n) is 6.04. The zero-order valence-electron chi connectivity index (χ0n) is 20.4. The number of aromatic hydroxyl groups is 1. The van der Waals surface area contributed by atoms with Crippen molar-refractivity contribution in [1.29, 1.82) is 0 Å². The first-order valence-electron chi connectivity index (χ1n) is 12.1. The first kappa shape index (κ1) is 28.0. The van der Waals surface area contributed by atoms with E-state index in [-0.39, 0.29) is 17.9 Å². The number of carbonyl (C=O) groups excluding carboxylic acids is 4. The van der Waals surface area contributed by atoms with Gasteiger partial charge in [0.15, 0.2) is 0 Å². The molecule has 0 fully saturated rings. The van der Waals surface area contributed by atoms with E-state index in [4.69, 9.17) is 11.5 Å². The van der Waals surface area contributed by atoms with E-state index in [9.17, 15) is 24.3 Å². The van der Waals surface area contributed by atoms with E-state index in [0.717, 1.165) is 5.56 Å². The number of phenolic OH excluding ortho intramolecular Hbond substituents is 1. The fourth-order valence-corrected chi connectivity index (χ4v) is 5.04. The number of benzene rings is 2. The summed E-state index contributed by atoms with van der Waals surface area (Å²) in [4.78, 5) is 51.9. The van der Waals surface area contributed by atoms with Crippen molar-refractivity contribution >= 4 is 35.4 Å². The van der Waals surface area contributed by atoms with Gasteiger partial charge in [-0.3, -0.25) is 19.2 Å². The van der Waals surface area contributed by atoms with E-state index in [2.05, 4.69) is 16.0 Å². The lowest BCUT2D eigenvalue weighted by molar-refractivity contribution is -0.131. The summed E-state index contributed by atoms with van der Waals surface area (Å²) in [6, 6.07) is 10.4. The Labute approximate surface area is 219 Å². The number of amides is 4. The zero-order valence-corrected chi connectivity index (χ0v) is 21.3. The van der Waals surface area contributed by atoms with E-state index in [0.29, 0.717) is 42.7 Å². The second-order valence-electron chi connectivity index (χ2n) is 8.88. The minimum absolute atomic E-state index is 0.0667. The van der Waals surface area contributed by atoms with Gasteiger partial charge in [0, 0.05) is 23.5 Å². The van der Waals surface area contributed by atoms with Crippen molar-refractivity contribution < 1.29 is 24.3 Å². The molecule has 0 aromatic heterocycles. The van der Waals surface area contributed by atoms with Crippen LogP contribution in [0, 0.1) is 0 Å². The van der Waals surface area contributed by atoms with E-state index < -0.39 is 41.8 Å². The van der Waals surface area contributed by atoms with Crippen molar-refractivity contribution in [2.45, 2.75) is 49.6 Å². The fraction of sp³-hybridized carbons (Fsp3) is 0.385. The summed E-state index contributed by atoms with van der Waals surface area (Å²) >= 11 is 1.36. The molecule has 1 unspecified atom stereocenters. The topological polar surface area (TPSA) is 177 Å². The summed E-state index contributed by atoms with van der Waals surface area (Å²) in [5, 5.41) is 17.8. The van der Waals surface area contributed by atoms with Crippen molar-refractivity contribution in [3.63, 3.8) is 0 Å². The summed E-state index contributed by atoms with van der Waals surface area (Å²) in [5.41, 5.74) is 13.0. The number of rotatable bonds is 7. The molecule has 3 rings (SSSR count). The summed E-state index contributed by atoms with van der Waals surface area (Å²) in [6.45, 7) is 0.447. The molecule has 0 saturated heterocycles. The Morgan fingerprint density at radius 3 is 2.35 bits per heavy atom. The molecule has 10 nitrogen and oxygen atoms in total. The third-order valence-corrected chi connectivity index (χ3v) is 7.13. The van der Waals surface area contributed by atoms with E-state index in [1.54, 1.807) is 24.3 Å². The molecule has 4 amide bonds. The van der Waals surface area contributed by atoms with Crippen molar-refractivity contribution in [3.05, 3.63) is 65.2 Å². The minimum Gasteiger partial charge on any atom is -0.508 e. The molecule has 37 heavy (non-hydrogen) atoms. The van der Waals surface area contributed by atoms with Crippen LogP contribution in [0.3, 0.4) is 0 Å². The van der Waals surface area contributed by atoms with Crippen LogP contribution >= 0.6 is 11.8 Å². The number of unbranched alkanes of at least 4 members (excludes halogenated alkanes) is 1. The fourth-order valence-electron chi connectivity index (χ4n) is 3.97. The van der Waals surface area contributed by atoms with Gasteiger partial charge in [0.25, 0.3) is 5.91 Å². The van der Waals surface area contributed by atoms with Gasteiger partial charge in [-0.25, -0.2) is 0 Å². The molecule has 0 aliphatic carbocycles. The molecule has 2 aromatic carbocycles. The van der Waals surface area contributed by atoms with Crippen molar-refractivity contribution in [3.8, 4) is 5.75 Å². The predicted molar refractivity (Wildman–Crippen MR) is 142 cm³/mol. The van der Waals surface area contributed by atoms with Gasteiger partial charge in [0.1, 0.15) is 23.9 Å². The normalized spacial score (nSPS) is 21.1. The van der Waals surface area contributed by atoms with Gasteiger partial charge in [-0.1, -0.05) is 30.3 Å². The highest BCUT2D eigenvalue weighted by Crippen LogP contribution is 2.19. The van der Waals surface area contributed by atoms with Crippen LogP contribution in [-0.2, 0) is 26.6 Å². The Morgan fingerprint density at radius 1 is 0.946 bits per heavy atom. The average Bonchev–Trinajstić information content (AvgIpc) is 2.87. The molecule has 1 aliphatic heterocycles. The first-order valence-corrected chi connectivity index (χ1v) is 13.3. The van der Waals surface area contributed by atoms with Crippen LogP contribution in [0.5, 0.6) is 5.75 Å². The predicted octanol–water partition coefficient (Wildman–Crippen LogP) is 0.564. The maximum Gasteiger partial charge on any atom is 0.252 e. The molecule has 0 saturated carbocycles. The van der Waals surface area contributed by atoms with E-state index >= 15 is 0 Å². The number of fused-ring (bicyclic) bond motifs is 1. The molecule has 1 heterocycles. The van der Waals surface area contributed by atoms with Gasteiger partial charge in [0.2, 0.25) is 17.7 Å². The molecule has 0 bridgehead atoms. The highest BCUT2D eigenvalue weighted by molar-refractivity contribution is 7.98. The Hall–Kier alpha value is -3.57. The van der Waals surface area contributed by atoms with Crippen LogP contribution in [0.4, 0.5) is 0 Å². The molecular weight excluding hydrogens is 494 g/mol. The molecule has 11 heteroatoms. The minimum atomic E-state index is -1.05. The number of nitrogens with two attached hydrogens (primary N) is 2. The smallest absolute Gasteiger partial charge is 0.252 e. The molecule has 1 aliphatic rings. The van der Waals surface area contributed by atoms with Crippen LogP contribution in [-0.4, -0.2) is 59.2 Å². The first-order chi connectivity index (χ1) is 17.8. The van der Waals surface area contributed by atoms with Crippen LogP contribution in [0.2, 0.25) is 0 Å². The molecule has 2 aromatic rings. The van der Waals surface area contributed by atoms with Crippen LogP contribution in [0.15, 0.2) is 48.5 Å². The second-order valence-corrected chi connectivity index (χ2v) is 9.91. The molecule has 3 atom stereocenters. The molecule has 8 N–H and O–H groups in total. The van der Waals surface area contributed by atoms with E-state index in [1.807, 2.05) is 12.1 Å². The number of hydrogen-bond donors (Lipinski definition) is 6. The average molecular weight is 528 g/mol. The lowest BCUT2D eigenvalue weighted by Crippen LogP contribution is -2.57. The number of carbonyl (C=O) groups is 4. The molecular formula is C26H33N5O5S. The van der Waals surface area contributed by atoms with Gasteiger partial charge in [-0.2, -0.15) is 11.8 Å². The summed E-state index contributed by atoms with van der Waals surface area (Å²) in [7, 11) is 0. The quantitative estimate of drug-likeness (QED) is 0.285. The number of nitrogens with one attached hydrogen (secondary N) is 3. The number of thioether (sulfide) groups is 1. The molecule has 0 radical (unpaired) electrons. The van der Waals surface area contributed by atoms with Gasteiger partial charge in [-0.05, 0) is 55.1 Å². The largest absolute Gasteiger partial charge is 0.508 e.